The molecule has 1 amide bonds. The standard InChI is InChI=1S/C20H24FN3O4/c1-2-27-19(26)10-9-18(25)24-11-3-4-15(13-24)20-23-22-17(28-20)12-14-5-7-16(21)8-6-14/h5-8,15H,2-4,9-13H2,1H3. The van der Waals surface area contributed by atoms with Crippen molar-refractivity contribution in [1.82, 2.24) is 15.1 Å². The Hall–Kier alpha value is -2.77. The molecule has 1 aromatic heterocycles. The van der Waals surface area contributed by atoms with Crippen LogP contribution in [0.5, 0.6) is 0 Å². The second-order valence-corrected chi connectivity index (χ2v) is 6.82. The SMILES string of the molecule is CCOC(=O)CCC(=O)N1CCCC(c2nnc(Cc3ccc(F)cc3)o2)C1. The number of ether oxygens (including phenoxy) is 1. The van der Waals surface area contributed by atoms with Crippen molar-refractivity contribution in [3.8, 4) is 0 Å². The Kier molecular flexibility index (Phi) is 6.73. The summed E-state index contributed by atoms with van der Waals surface area (Å²) in [6.45, 7) is 3.22. The fourth-order valence-corrected chi connectivity index (χ4v) is 3.29. The lowest BCUT2D eigenvalue weighted by Gasteiger charge is -2.31. The zero-order chi connectivity index (χ0) is 19.9. The van der Waals surface area contributed by atoms with Crippen LogP contribution in [0.2, 0.25) is 0 Å². The summed E-state index contributed by atoms with van der Waals surface area (Å²) in [5.41, 5.74) is 0.885. The van der Waals surface area contributed by atoms with E-state index in [1.165, 1.54) is 12.1 Å². The Labute approximate surface area is 162 Å². The van der Waals surface area contributed by atoms with Crippen LogP contribution in [-0.4, -0.2) is 46.7 Å². The topological polar surface area (TPSA) is 85.5 Å². The Bertz CT molecular complexity index is 806. The van der Waals surface area contributed by atoms with Gasteiger partial charge in [-0.15, -0.1) is 10.2 Å². The van der Waals surface area contributed by atoms with Gasteiger partial charge in [-0.1, -0.05) is 12.1 Å². The van der Waals surface area contributed by atoms with Crippen LogP contribution in [0.15, 0.2) is 28.7 Å². The third kappa shape index (κ3) is 5.37. The Morgan fingerprint density at radius 3 is 2.79 bits per heavy atom. The van der Waals surface area contributed by atoms with Gasteiger partial charge in [-0.05, 0) is 37.5 Å². The molecule has 28 heavy (non-hydrogen) atoms. The van der Waals surface area contributed by atoms with E-state index < -0.39 is 0 Å². The minimum Gasteiger partial charge on any atom is -0.466 e. The van der Waals surface area contributed by atoms with Crippen LogP contribution in [0.1, 0.15) is 55.9 Å². The number of esters is 1. The predicted octanol–water partition coefficient (Wildman–Crippen LogP) is 2.85. The Morgan fingerprint density at radius 1 is 1.25 bits per heavy atom. The minimum absolute atomic E-state index is 0.0187. The van der Waals surface area contributed by atoms with Gasteiger partial charge in [-0.3, -0.25) is 9.59 Å². The molecule has 2 aromatic rings. The number of rotatable bonds is 7. The highest BCUT2D eigenvalue weighted by molar-refractivity contribution is 5.81. The number of carbonyl (C=O) groups excluding carboxylic acids is 2. The number of halogens is 1. The molecule has 0 saturated carbocycles. The zero-order valence-electron chi connectivity index (χ0n) is 15.9. The lowest BCUT2D eigenvalue weighted by molar-refractivity contribution is -0.146. The van der Waals surface area contributed by atoms with Crippen LogP contribution in [0.4, 0.5) is 4.39 Å². The molecule has 1 aromatic carbocycles. The number of hydrogen-bond acceptors (Lipinski definition) is 6. The van der Waals surface area contributed by atoms with Gasteiger partial charge in [-0.25, -0.2) is 4.39 Å². The molecule has 0 spiro atoms. The number of amides is 1. The number of carbonyl (C=O) groups is 2. The van der Waals surface area contributed by atoms with Gasteiger partial charge in [0.05, 0.1) is 25.4 Å². The first kappa shape index (κ1) is 20.0. The number of nitrogens with zero attached hydrogens (tertiary/aromatic N) is 3. The molecular weight excluding hydrogens is 365 g/mol. The summed E-state index contributed by atoms with van der Waals surface area (Å²) >= 11 is 0. The number of likely N-dealkylation sites (tertiary alicyclic amines) is 1. The van der Waals surface area contributed by atoms with E-state index in [0.29, 0.717) is 37.9 Å². The molecule has 1 saturated heterocycles. The minimum atomic E-state index is -0.355. The van der Waals surface area contributed by atoms with E-state index in [9.17, 15) is 14.0 Å². The summed E-state index contributed by atoms with van der Waals surface area (Å²) in [4.78, 5) is 25.6. The van der Waals surface area contributed by atoms with Crippen molar-refractivity contribution in [3.63, 3.8) is 0 Å². The van der Waals surface area contributed by atoms with Gasteiger partial charge in [0.1, 0.15) is 5.82 Å². The van der Waals surface area contributed by atoms with Crippen LogP contribution in [0, 0.1) is 5.82 Å². The molecule has 0 aliphatic carbocycles. The maximum absolute atomic E-state index is 13.0. The Morgan fingerprint density at radius 2 is 2.04 bits per heavy atom. The fraction of sp³-hybridized carbons (Fsp3) is 0.500. The van der Waals surface area contributed by atoms with Crippen LogP contribution < -0.4 is 0 Å². The van der Waals surface area contributed by atoms with E-state index in [1.54, 1.807) is 24.0 Å². The van der Waals surface area contributed by atoms with E-state index >= 15 is 0 Å². The molecule has 1 atom stereocenters. The van der Waals surface area contributed by atoms with Crippen LogP contribution in [0.25, 0.3) is 0 Å². The average Bonchev–Trinajstić information content (AvgIpc) is 3.17. The van der Waals surface area contributed by atoms with E-state index in [1.807, 2.05) is 0 Å². The molecule has 0 N–H and O–H groups in total. The average molecular weight is 389 g/mol. The highest BCUT2D eigenvalue weighted by Crippen LogP contribution is 2.27. The molecule has 0 bridgehead atoms. The predicted molar refractivity (Wildman–Crippen MR) is 97.9 cm³/mol. The summed E-state index contributed by atoms with van der Waals surface area (Å²) in [5, 5.41) is 8.23. The van der Waals surface area contributed by atoms with Crippen molar-refractivity contribution < 1.29 is 23.1 Å². The molecule has 1 fully saturated rings. The van der Waals surface area contributed by atoms with Gasteiger partial charge in [0.25, 0.3) is 0 Å². The maximum atomic E-state index is 13.0. The molecule has 1 aliphatic rings. The van der Waals surface area contributed by atoms with E-state index in [-0.39, 0.29) is 36.5 Å². The summed E-state index contributed by atoms with van der Waals surface area (Å²) in [5.74, 6) is 0.252. The lowest BCUT2D eigenvalue weighted by Crippen LogP contribution is -2.39. The first-order valence-corrected chi connectivity index (χ1v) is 9.55. The van der Waals surface area contributed by atoms with Crippen molar-refractivity contribution >= 4 is 11.9 Å². The number of hydrogen-bond donors (Lipinski definition) is 0. The van der Waals surface area contributed by atoms with Crippen LogP contribution >= 0.6 is 0 Å². The Balaban J connectivity index is 1.55. The number of aromatic nitrogens is 2. The zero-order valence-corrected chi connectivity index (χ0v) is 15.9. The molecule has 8 heteroatoms. The fourth-order valence-electron chi connectivity index (χ4n) is 3.29. The molecule has 150 valence electrons. The molecule has 0 radical (unpaired) electrons. The molecule has 1 unspecified atom stereocenters. The monoisotopic (exact) mass is 389 g/mol. The maximum Gasteiger partial charge on any atom is 0.306 e. The van der Waals surface area contributed by atoms with E-state index in [0.717, 1.165) is 18.4 Å². The molecule has 2 heterocycles. The summed E-state index contributed by atoms with van der Waals surface area (Å²) in [6, 6.07) is 6.16. The van der Waals surface area contributed by atoms with Crippen molar-refractivity contribution in [1.29, 1.82) is 0 Å². The highest BCUT2D eigenvalue weighted by Gasteiger charge is 2.28. The first-order valence-electron chi connectivity index (χ1n) is 9.55. The summed E-state index contributed by atoms with van der Waals surface area (Å²) in [7, 11) is 0. The van der Waals surface area contributed by atoms with Crippen molar-refractivity contribution in [2.24, 2.45) is 0 Å². The molecule has 7 nitrogen and oxygen atoms in total. The van der Waals surface area contributed by atoms with Gasteiger partial charge in [0.15, 0.2) is 0 Å². The molecule has 1 aliphatic heterocycles. The van der Waals surface area contributed by atoms with Crippen LogP contribution in [0.3, 0.4) is 0 Å². The third-order valence-corrected chi connectivity index (χ3v) is 4.72. The molecular formula is C20H24FN3O4. The normalized spacial score (nSPS) is 16.8. The summed E-state index contributed by atoms with van der Waals surface area (Å²) < 4.78 is 23.7. The lowest BCUT2D eigenvalue weighted by atomic mass is 9.97. The summed E-state index contributed by atoms with van der Waals surface area (Å²) in [6.07, 6.45) is 2.37. The highest BCUT2D eigenvalue weighted by atomic mass is 19.1. The smallest absolute Gasteiger partial charge is 0.306 e. The van der Waals surface area contributed by atoms with Crippen molar-refractivity contribution in [2.75, 3.05) is 19.7 Å². The van der Waals surface area contributed by atoms with Gasteiger partial charge < -0.3 is 14.1 Å². The largest absolute Gasteiger partial charge is 0.466 e. The van der Waals surface area contributed by atoms with Gasteiger partial charge in [0, 0.05) is 19.5 Å². The van der Waals surface area contributed by atoms with Gasteiger partial charge in [-0.2, -0.15) is 0 Å². The van der Waals surface area contributed by atoms with Gasteiger partial charge in [0.2, 0.25) is 17.7 Å². The van der Waals surface area contributed by atoms with Crippen LogP contribution in [-0.2, 0) is 20.7 Å². The molecule has 3 rings (SSSR count). The number of benzene rings is 1. The first-order chi connectivity index (χ1) is 13.5. The number of piperidine rings is 1. The van der Waals surface area contributed by atoms with E-state index in [2.05, 4.69) is 10.2 Å². The third-order valence-electron chi connectivity index (χ3n) is 4.72. The quantitative estimate of drug-likeness (QED) is 0.677. The van der Waals surface area contributed by atoms with Crippen molar-refractivity contribution in [2.45, 2.75) is 44.9 Å². The second kappa shape index (κ2) is 9.43. The van der Waals surface area contributed by atoms with Gasteiger partial charge >= 0.3 is 5.97 Å². The second-order valence-electron chi connectivity index (χ2n) is 6.82. The van der Waals surface area contributed by atoms with E-state index in [4.69, 9.17) is 9.15 Å². The van der Waals surface area contributed by atoms with Crippen molar-refractivity contribution in [3.05, 3.63) is 47.4 Å².